The summed E-state index contributed by atoms with van der Waals surface area (Å²) in [7, 11) is 0. The SMILES string of the molecule is C=CN1c2ccccc2N(/C=C/N2CCN(c3cccc(C(F)(F)F)c3)CC2)C2OC21. The Morgan fingerprint density at radius 2 is 1.55 bits per heavy atom. The molecule has 3 heterocycles. The molecule has 2 aromatic carbocycles. The van der Waals surface area contributed by atoms with Gasteiger partial charge in [0.25, 0.3) is 0 Å². The molecule has 0 amide bonds. The van der Waals surface area contributed by atoms with Crippen LogP contribution in [0.3, 0.4) is 0 Å². The molecular weight excluding hydrogens is 405 g/mol. The summed E-state index contributed by atoms with van der Waals surface area (Å²) in [5.41, 5.74) is 2.11. The van der Waals surface area contributed by atoms with Crippen molar-refractivity contribution < 1.29 is 17.9 Å². The van der Waals surface area contributed by atoms with Crippen LogP contribution in [0.15, 0.2) is 73.7 Å². The summed E-state index contributed by atoms with van der Waals surface area (Å²) in [5.74, 6) is 0. The smallest absolute Gasteiger partial charge is 0.373 e. The van der Waals surface area contributed by atoms with Crippen LogP contribution in [0.2, 0.25) is 0 Å². The zero-order valence-corrected chi connectivity index (χ0v) is 16.9. The highest BCUT2D eigenvalue weighted by molar-refractivity contribution is 5.77. The van der Waals surface area contributed by atoms with Gasteiger partial charge in [-0.1, -0.05) is 24.8 Å². The van der Waals surface area contributed by atoms with Crippen molar-refractivity contribution in [3.8, 4) is 0 Å². The van der Waals surface area contributed by atoms with Gasteiger partial charge in [0.05, 0.1) is 16.9 Å². The molecule has 5 rings (SSSR count). The number of halogens is 3. The molecule has 0 bridgehead atoms. The second-order valence-electron chi connectivity index (χ2n) is 7.77. The Kier molecular flexibility index (Phi) is 4.81. The van der Waals surface area contributed by atoms with Crippen molar-refractivity contribution >= 4 is 17.1 Å². The minimum Gasteiger partial charge on any atom is -0.373 e. The van der Waals surface area contributed by atoms with Crippen LogP contribution < -0.4 is 14.7 Å². The molecule has 5 nitrogen and oxygen atoms in total. The number of alkyl halides is 3. The number of fused-ring (bicyclic) bond motifs is 2. The van der Waals surface area contributed by atoms with E-state index in [2.05, 4.69) is 22.4 Å². The van der Waals surface area contributed by atoms with E-state index in [1.165, 1.54) is 12.1 Å². The fourth-order valence-corrected chi connectivity index (χ4v) is 4.22. The summed E-state index contributed by atoms with van der Waals surface area (Å²) in [5, 5.41) is 0. The van der Waals surface area contributed by atoms with Crippen LogP contribution in [-0.4, -0.2) is 43.5 Å². The van der Waals surface area contributed by atoms with Gasteiger partial charge in [-0.25, -0.2) is 0 Å². The quantitative estimate of drug-likeness (QED) is 0.671. The highest BCUT2D eigenvalue weighted by atomic mass is 19.4. The van der Waals surface area contributed by atoms with Crippen molar-refractivity contribution in [2.75, 3.05) is 40.9 Å². The molecule has 2 atom stereocenters. The van der Waals surface area contributed by atoms with E-state index in [0.29, 0.717) is 18.8 Å². The van der Waals surface area contributed by atoms with Crippen LogP contribution >= 0.6 is 0 Å². The molecule has 3 aliphatic rings. The van der Waals surface area contributed by atoms with Gasteiger partial charge in [-0.2, -0.15) is 13.2 Å². The first-order valence-electron chi connectivity index (χ1n) is 10.2. The highest BCUT2D eigenvalue weighted by Gasteiger charge is 2.51. The third kappa shape index (κ3) is 3.72. The Balaban J connectivity index is 1.25. The minimum absolute atomic E-state index is 0.0326. The Labute approximate surface area is 179 Å². The van der Waals surface area contributed by atoms with E-state index in [4.69, 9.17) is 4.74 Å². The van der Waals surface area contributed by atoms with Gasteiger partial charge in [0.1, 0.15) is 0 Å². The maximum Gasteiger partial charge on any atom is 0.416 e. The number of anilines is 3. The van der Waals surface area contributed by atoms with E-state index in [9.17, 15) is 13.2 Å². The fraction of sp³-hybridized carbons (Fsp3) is 0.304. The molecule has 8 heteroatoms. The highest BCUT2D eigenvalue weighted by Crippen LogP contribution is 2.46. The average molecular weight is 428 g/mol. The first-order valence-corrected chi connectivity index (χ1v) is 10.2. The monoisotopic (exact) mass is 428 g/mol. The molecule has 2 unspecified atom stereocenters. The molecule has 0 N–H and O–H groups in total. The lowest BCUT2D eigenvalue weighted by atomic mass is 10.1. The molecule has 0 radical (unpaired) electrons. The molecule has 0 aliphatic carbocycles. The van der Waals surface area contributed by atoms with Gasteiger partial charge in [-0.3, -0.25) is 0 Å². The molecule has 31 heavy (non-hydrogen) atoms. The Morgan fingerprint density at radius 1 is 0.871 bits per heavy atom. The summed E-state index contributed by atoms with van der Waals surface area (Å²) < 4.78 is 44.8. The predicted molar refractivity (Wildman–Crippen MR) is 115 cm³/mol. The Hall–Kier alpha value is -3.13. The number of hydrogen-bond acceptors (Lipinski definition) is 5. The number of epoxide rings is 1. The third-order valence-electron chi connectivity index (χ3n) is 5.92. The second kappa shape index (κ2) is 7.53. The number of nitrogens with zero attached hydrogens (tertiary/aromatic N) is 4. The topological polar surface area (TPSA) is 25.5 Å². The van der Waals surface area contributed by atoms with E-state index in [1.54, 1.807) is 12.3 Å². The molecule has 0 aromatic heterocycles. The molecule has 2 aromatic rings. The number of ether oxygens (including phenoxy) is 1. The zero-order valence-electron chi connectivity index (χ0n) is 16.9. The molecule has 3 aliphatic heterocycles. The number of piperazine rings is 1. The van der Waals surface area contributed by atoms with Crippen LogP contribution in [0.25, 0.3) is 0 Å². The first-order chi connectivity index (χ1) is 15.0. The molecular formula is C23H23F3N4O. The van der Waals surface area contributed by atoms with Crippen molar-refractivity contribution in [1.82, 2.24) is 4.90 Å². The third-order valence-corrected chi connectivity index (χ3v) is 5.92. The average Bonchev–Trinajstić information content (AvgIpc) is 3.57. The normalized spacial score (nSPS) is 23.1. The Morgan fingerprint density at radius 3 is 2.23 bits per heavy atom. The van der Waals surface area contributed by atoms with Crippen molar-refractivity contribution in [3.63, 3.8) is 0 Å². The van der Waals surface area contributed by atoms with E-state index >= 15 is 0 Å². The first kappa shape index (κ1) is 19.8. The minimum atomic E-state index is -4.32. The van der Waals surface area contributed by atoms with E-state index in [-0.39, 0.29) is 12.5 Å². The molecule has 2 fully saturated rings. The molecule has 162 valence electrons. The van der Waals surface area contributed by atoms with Gasteiger partial charge >= 0.3 is 6.18 Å². The summed E-state index contributed by atoms with van der Waals surface area (Å²) in [6.07, 6.45) is 1.46. The van der Waals surface area contributed by atoms with Gasteiger partial charge in [0.15, 0.2) is 12.5 Å². The van der Waals surface area contributed by atoms with Crippen molar-refractivity contribution in [2.45, 2.75) is 18.6 Å². The van der Waals surface area contributed by atoms with Gasteiger partial charge in [0, 0.05) is 44.3 Å². The van der Waals surface area contributed by atoms with Crippen molar-refractivity contribution in [2.24, 2.45) is 0 Å². The summed E-state index contributed by atoms with van der Waals surface area (Å²) in [6.45, 7) is 6.68. The van der Waals surface area contributed by atoms with E-state index < -0.39 is 11.7 Å². The molecule has 0 spiro atoms. The molecule has 0 saturated carbocycles. The van der Waals surface area contributed by atoms with Crippen LogP contribution in [0.1, 0.15) is 5.56 Å². The number of rotatable bonds is 4. The lowest BCUT2D eigenvalue weighted by Crippen LogP contribution is -2.44. The standard InChI is InChI=1S/C23H23F3N4O/c1-2-29-19-8-3-4-9-20(19)30(22-21(29)31-22)15-12-27-10-13-28(14-11-27)18-7-5-6-17(16-18)23(24,25)26/h2-9,12,15-16,21-22H,1,10-11,13-14H2/b15-12+. The summed E-state index contributed by atoms with van der Waals surface area (Å²) >= 11 is 0. The van der Waals surface area contributed by atoms with Gasteiger partial charge in [0.2, 0.25) is 0 Å². The van der Waals surface area contributed by atoms with E-state index in [1.807, 2.05) is 40.4 Å². The molecule has 2 saturated heterocycles. The van der Waals surface area contributed by atoms with Crippen molar-refractivity contribution in [1.29, 1.82) is 0 Å². The van der Waals surface area contributed by atoms with Crippen LogP contribution in [0.5, 0.6) is 0 Å². The number of benzene rings is 2. The number of hydrogen-bond donors (Lipinski definition) is 0. The maximum atomic E-state index is 13.0. The van der Waals surface area contributed by atoms with Crippen LogP contribution in [0, 0.1) is 0 Å². The fourth-order valence-electron chi connectivity index (χ4n) is 4.22. The lowest BCUT2D eigenvalue weighted by Gasteiger charge is -2.36. The second-order valence-corrected chi connectivity index (χ2v) is 7.77. The predicted octanol–water partition coefficient (Wildman–Crippen LogP) is 4.45. The van der Waals surface area contributed by atoms with E-state index in [0.717, 1.165) is 30.5 Å². The van der Waals surface area contributed by atoms with Crippen LogP contribution in [-0.2, 0) is 10.9 Å². The number of para-hydroxylation sites is 2. The lowest BCUT2D eigenvalue weighted by molar-refractivity contribution is -0.137. The van der Waals surface area contributed by atoms with Gasteiger partial charge < -0.3 is 24.3 Å². The van der Waals surface area contributed by atoms with Crippen LogP contribution in [0.4, 0.5) is 30.2 Å². The largest absolute Gasteiger partial charge is 0.416 e. The van der Waals surface area contributed by atoms with Gasteiger partial charge in [-0.15, -0.1) is 0 Å². The zero-order chi connectivity index (χ0) is 21.6. The summed E-state index contributed by atoms with van der Waals surface area (Å²) in [4.78, 5) is 8.35. The summed E-state index contributed by atoms with van der Waals surface area (Å²) in [6, 6.07) is 13.6. The Bertz CT molecular complexity index is 1000. The van der Waals surface area contributed by atoms with Crippen molar-refractivity contribution in [3.05, 3.63) is 79.3 Å². The van der Waals surface area contributed by atoms with Gasteiger partial charge in [-0.05, 0) is 36.5 Å². The maximum absolute atomic E-state index is 13.0.